The van der Waals surface area contributed by atoms with Crippen molar-refractivity contribution < 1.29 is 14.0 Å². The van der Waals surface area contributed by atoms with Gasteiger partial charge < -0.3 is 10.2 Å². The number of likely N-dealkylation sites (tertiary alicyclic amines) is 1. The Balaban J connectivity index is 1.55. The maximum absolute atomic E-state index is 14.4. The molecule has 1 aromatic heterocycles. The predicted molar refractivity (Wildman–Crippen MR) is 129 cm³/mol. The van der Waals surface area contributed by atoms with Crippen LogP contribution in [0.3, 0.4) is 0 Å². The fourth-order valence-corrected chi connectivity index (χ4v) is 4.45. The van der Waals surface area contributed by atoms with Crippen molar-refractivity contribution in [2.24, 2.45) is 0 Å². The molecule has 6 nitrogen and oxygen atoms in total. The van der Waals surface area contributed by atoms with Crippen molar-refractivity contribution in [1.29, 1.82) is 0 Å². The van der Waals surface area contributed by atoms with Crippen molar-refractivity contribution in [3.05, 3.63) is 88.7 Å². The molecule has 7 heteroatoms. The average Bonchev–Trinajstić information content (AvgIpc) is 3.43. The quantitative estimate of drug-likeness (QED) is 0.552. The van der Waals surface area contributed by atoms with Gasteiger partial charge in [0, 0.05) is 12.1 Å². The highest BCUT2D eigenvalue weighted by atomic mass is 19.1. The van der Waals surface area contributed by atoms with E-state index in [1.165, 1.54) is 10.5 Å². The molecule has 0 aliphatic carbocycles. The number of nitrogens with zero attached hydrogens (tertiary/aromatic N) is 2. The lowest BCUT2D eigenvalue weighted by Gasteiger charge is -2.27. The highest BCUT2D eigenvalue weighted by Crippen LogP contribution is 2.27. The van der Waals surface area contributed by atoms with Crippen molar-refractivity contribution in [1.82, 2.24) is 20.4 Å². The zero-order chi connectivity index (χ0) is 24.2. The summed E-state index contributed by atoms with van der Waals surface area (Å²) in [5.74, 6) is -0.255. The first-order valence-electron chi connectivity index (χ1n) is 11.7. The van der Waals surface area contributed by atoms with Gasteiger partial charge in [-0.25, -0.2) is 4.39 Å². The molecule has 3 aromatic rings. The summed E-state index contributed by atoms with van der Waals surface area (Å²) >= 11 is 0. The third kappa shape index (κ3) is 5.35. The van der Waals surface area contributed by atoms with E-state index in [1.807, 2.05) is 49.4 Å². The van der Waals surface area contributed by atoms with Crippen LogP contribution in [0.15, 0.2) is 60.7 Å². The molecule has 1 aliphatic heterocycles. The second-order valence-corrected chi connectivity index (χ2v) is 9.29. The molecule has 3 unspecified atom stereocenters. The maximum atomic E-state index is 14.4. The first kappa shape index (κ1) is 23.7. The van der Waals surface area contributed by atoms with Crippen LogP contribution in [0.4, 0.5) is 4.39 Å². The van der Waals surface area contributed by atoms with Crippen LogP contribution in [-0.2, 0) is 16.0 Å². The lowest BCUT2D eigenvalue weighted by atomic mass is 9.95. The van der Waals surface area contributed by atoms with Gasteiger partial charge in [-0.2, -0.15) is 5.10 Å². The van der Waals surface area contributed by atoms with Gasteiger partial charge in [-0.1, -0.05) is 68.4 Å². The van der Waals surface area contributed by atoms with Crippen LogP contribution in [0.1, 0.15) is 60.3 Å². The molecule has 1 fully saturated rings. The van der Waals surface area contributed by atoms with Gasteiger partial charge in [-0.05, 0) is 35.6 Å². The number of aromatic nitrogens is 2. The molecule has 2 amide bonds. The molecule has 0 saturated carbocycles. The van der Waals surface area contributed by atoms with Gasteiger partial charge in [0.1, 0.15) is 12.2 Å². The molecule has 1 aliphatic rings. The smallest absolute Gasteiger partial charge is 0.243 e. The largest absolute Gasteiger partial charge is 0.343 e. The number of H-pyrrole nitrogens is 1. The molecule has 178 valence electrons. The minimum atomic E-state index is -1.24. The Kier molecular flexibility index (Phi) is 7.10. The Bertz CT molecular complexity index is 1130. The molecular weight excluding hydrogens is 431 g/mol. The van der Waals surface area contributed by atoms with E-state index in [0.717, 1.165) is 16.8 Å². The predicted octanol–water partition coefficient (Wildman–Crippen LogP) is 4.23. The van der Waals surface area contributed by atoms with Gasteiger partial charge in [0.05, 0.1) is 24.7 Å². The van der Waals surface area contributed by atoms with E-state index in [9.17, 15) is 14.0 Å². The zero-order valence-electron chi connectivity index (χ0n) is 19.8. The Morgan fingerprint density at radius 3 is 2.35 bits per heavy atom. The minimum absolute atomic E-state index is 0.00896. The topological polar surface area (TPSA) is 78.1 Å². The highest BCUT2D eigenvalue weighted by molar-refractivity contribution is 5.89. The second kappa shape index (κ2) is 10.2. The van der Waals surface area contributed by atoms with Crippen LogP contribution in [0.5, 0.6) is 0 Å². The summed E-state index contributed by atoms with van der Waals surface area (Å²) < 4.78 is 14.4. The minimum Gasteiger partial charge on any atom is -0.343 e. The van der Waals surface area contributed by atoms with Crippen LogP contribution in [0.2, 0.25) is 0 Å². The van der Waals surface area contributed by atoms with Crippen molar-refractivity contribution in [3.8, 4) is 0 Å². The molecule has 0 spiro atoms. The van der Waals surface area contributed by atoms with E-state index < -0.39 is 18.3 Å². The Hall–Kier alpha value is -3.48. The zero-order valence-corrected chi connectivity index (χ0v) is 19.8. The van der Waals surface area contributed by atoms with Gasteiger partial charge in [0.15, 0.2) is 0 Å². The van der Waals surface area contributed by atoms with E-state index in [0.29, 0.717) is 11.6 Å². The van der Waals surface area contributed by atoms with E-state index in [-0.39, 0.29) is 31.2 Å². The monoisotopic (exact) mass is 462 g/mol. The molecule has 2 N–H and O–H groups in total. The average molecular weight is 463 g/mol. The van der Waals surface area contributed by atoms with Crippen LogP contribution in [0.25, 0.3) is 0 Å². The fourth-order valence-electron chi connectivity index (χ4n) is 4.45. The number of benzene rings is 2. The molecule has 1 saturated heterocycles. The van der Waals surface area contributed by atoms with Crippen molar-refractivity contribution in [3.63, 3.8) is 0 Å². The third-order valence-electron chi connectivity index (χ3n) is 6.32. The van der Waals surface area contributed by atoms with Crippen LogP contribution in [0, 0.1) is 6.92 Å². The number of aromatic amines is 1. The normalized spacial score (nSPS) is 18.8. The Morgan fingerprint density at radius 1 is 1.09 bits per heavy atom. The number of rotatable bonds is 7. The van der Waals surface area contributed by atoms with Crippen molar-refractivity contribution in [2.45, 2.75) is 57.8 Å². The van der Waals surface area contributed by atoms with Gasteiger partial charge in [0.25, 0.3) is 0 Å². The van der Waals surface area contributed by atoms with E-state index >= 15 is 0 Å². The van der Waals surface area contributed by atoms with Gasteiger partial charge >= 0.3 is 0 Å². The summed E-state index contributed by atoms with van der Waals surface area (Å²) in [6, 6.07) is 18.4. The van der Waals surface area contributed by atoms with Crippen molar-refractivity contribution >= 4 is 11.8 Å². The maximum Gasteiger partial charge on any atom is 0.243 e. The molecule has 2 heterocycles. The third-order valence-corrected chi connectivity index (χ3v) is 6.32. The number of amides is 2. The van der Waals surface area contributed by atoms with Crippen molar-refractivity contribution in [2.75, 3.05) is 6.54 Å². The first-order chi connectivity index (χ1) is 16.3. The summed E-state index contributed by atoms with van der Waals surface area (Å²) in [7, 11) is 0. The summed E-state index contributed by atoms with van der Waals surface area (Å²) in [5, 5.41) is 10.00. The summed E-state index contributed by atoms with van der Waals surface area (Å²) in [6.07, 6.45) is -1.22. The number of alkyl halides is 1. The summed E-state index contributed by atoms with van der Waals surface area (Å²) in [4.78, 5) is 27.7. The Morgan fingerprint density at radius 2 is 1.74 bits per heavy atom. The van der Waals surface area contributed by atoms with E-state index in [4.69, 9.17) is 0 Å². The fraction of sp³-hybridized carbons (Fsp3) is 0.370. The molecule has 0 radical (unpaired) electrons. The van der Waals surface area contributed by atoms with Crippen LogP contribution in [-0.4, -0.2) is 45.7 Å². The Labute approximate surface area is 199 Å². The van der Waals surface area contributed by atoms with Crippen LogP contribution < -0.4 is 5.32 Å². The summed E-state index contributed by atoms with van der Waals surface area (Å²) in [5.41, 5.74) is 4.49. The molecule has 3 atom stereocenters. The number of hydrogen-bond donors (Lipinski definition) is 2. The van der Waals surface area contributed by atoms with Gasteiger partial charge in [-0.3, -0.25) is 14.7 Å². The molecule has 2 aromatic carbocycles. The lowest BCUT2D eigenvalue weighted by Crippen LogP contribution is -2.47. The number of hydrogen-bond acceptors (Lipinski definition) is 3. The molecule has 0 bridgehead atoms. The number of halogens is 1. The molecular formula is C27H31FN4O2. The standard InChI is InChI=1S/C27H31FN4O2/c1-17(2)19-9-11-21(12-10-19)26(20-7-5-4-6-8-20)29-27(34)24-14-22(28)16-32(24)25(33)15-23-13-18(3)30-31-23/h4-13,17,22,24,26H,14-16H2,1-3H3,(H,29,34)(H,30,31). The van der Waals surface area contributed by atoms with E-state index in [2.05, 4.69) is 41.5 Å². The van der Waals surface area contributed by atoms with E-state index in [1.54, 1.807) is 6.07 Å². The second-order valence-electron chi connectivity index (χ2n) is 9.29. The molecule has 34 heavy (non-hydrogen) atoms. The number of carbonyl (C=O) groups excluding carboxylic acids is 2. The highest BCUT2D eigenvalue weighted by Gasteiger charge is 2.40. The SMILES string of the molecule is Cc1cc(CC(=O)N2CC(F)CC2C(=O)NC(c2ccccc2)c2ccc(C(C)C)cc2)n[nH]1. The number of nitrogens with one attached hydrogen (secondary N) is 2. The van der Waals surface area contributed by atoms with Gasteiger partial charge in [-0.15, -0.1) is 0 Å². The first-order valence-corrected chi connectivity index (χ1v) is 11.7. The lowest BCUT2D eigenvalue weighted by molar-refractivity contribution is -0.138. The summed E-state index contributed by atoms with van der Waals surface area (Å²) in [6.45, 7) is 6.03. The molecule has 4 rings (SSSR count). The van der Waals surface area contributed by atoms with Crippen LogP contribution >= 0.6 is 0 Å². The van der Waals surface area contributed by atoms with Gasteiger partial charge in [0.2, 0.25) is 11.8 Å². The number of aryl methyl sites for hydroxylation is 1. The number of carbonyl (C=O) groups is 2.